The SMILES string of the molecule is CCOC(=O)c1ccc(Oc2ccnc(C(=O)NC)c2)c(Br)c1. The zero-order valence-corrected chi connectivity index (χ0v) is 14.2. The second-order valence-corrected chi connectivity index (χ2v) is 5.28. The molecule has 0 aliphatic rings. The van der Waals surface area contributed by atoms with E-state index in [2.05, 4.69) is 26.2 Å². The van der Waals surface area contributed by atoms with Crippen molar-refractivity contribution in [3.63, 3.8) is 0 Å². The van der Waals surface area contributed by atoms with Gasteiger partial charge in [-0.3, -0.25) is 9.78 Å². The highest BCUT2D eigenvalue weighted by Gasteiger charge is 2.12. The molecule has 23 heavy (non-hydrogen) atoms. The van der Waals surface area contributed by atoms with Gasteiger partial charge in [0.2, 0.25) is 0 Å². The maximum atomic E-state index is 11.7. The second kappa shape index (κ2) is 7.73. The zero-order valence-electron chi connectivity index (χ0n) is 12.6. The molecular weight excluding hydrogens is 364 g/mol. The predicted molar refractivity (Wildman–Crippen MR) is 87.8 cm³/mol. The molecule has 0 saturated carbocycles. The lowest BCUT2D eigenvalue weighted by Gasteiger charge is -2.10. The highest BCUT2D eigenvalue weighted by atomic mass is 79.9. The molecule has 1 aromatic carbocycles. The molecule has 2 aromatic rings. The second-order valence-electron chi connectivity index (χ2n) is 4.42. The van der Waals surface area contributed by atoms with E-state index in [9.17, 15) is 9.59 Å². The van der Waals surface area contributed by atoms with Crippen LogP contribution in [0.1, 0.15) is 27.8 Å². The molecule has 7 heteroatoms. The van der Waals surface area contributed by atoms with Crippen molar-refractivity contribution in [1.29, 1.82) is 0 Å². The summed E-state index contributed by atoms with van der Waals surface area (Å²) in [5, 5.41) is 2.50. The van der Waals surface area contributed by atoms with E-state index < -0.39 is 5.97 Å². The summed E-state index contributed by atoms with van der Waals surface area (Å²) in [7, 11) is 1.53. The summed E-state index contributed by atoms with van der Waals surface area (Å²) in [5.74, 6) is 0.271. The monoisotopic (exact) mass is 378 g/mol. The summed E-state index contributed by atoms with van der Waals surface area (Å²) in [4.78, 5) is 27.2. The Kier molecular flexibility index (Phi) is 5.70. The minimum atomic E-state index is -0.398. The van der Waals surface area contributed by atoms with Crippen LogP contribution in [0.2, 0.25) is 0 Å². The van der Waals surface area contributed by atoms with Crippen LogP contribution in [0.25, 0.3) is 0 Å². The molecule has 0 unspecified atom stereocenters. The summed E-state index contributed by atoms with van der Waals surface area (Å²) in [6.45, 7) is 2.06. The van der Waals surface area contributed by atoms with Crippen molar-refractivity contribution in [2.24, 2.45) is 0 Å². The van der Waals surface area contributed by atoms with Crippen LogP contribution in [0.4, 0.5) is 0 Å². The average molecular weight is 379 g/mol. The topological polar surface area (TPSA) is 77.5 Å². The summed E-state index contributed by atoms with van der Waals surface area (Å²) in [6.07, 6.45) is 1.49. The van der Waals surface area contributed by atoms with E-state index in [1.54, 1.807) is 31.2 Å². The van der Waals surface area contributed by atoms with Gasteiger partial charge in [-0.15, -0.1) is 0 Å². The largest absolute Gasteiger partial charge is 0.462 e. The molecule has 0 radical (unpaired) electrons. The van der Waals surface area contributed by atoms with Crippen LogP contribution in [-0.2, 0) is 4.74 Å². The molecule has 1 amide bonds. The number of esters is 1. The van der Waals surface area contributed by atoms with Gasteiger partial charge in [0.1, 0.15) is 17.2 Å². The lowest BCUT2D eigenvalue weighted by atomic mass is 10.2. The van der Waals surface area contributed by atoms with Crippen LogP contribution in [-0.4, -0.2) is 30.5 Å². The number of benzene rings is 1. The van der Waals surface area contributed by atoms with Gasteiger partial charge < -0.3 is 14.8 Å². The number of aromatic nitrogens is 1. The summed E-state index contributed by atoms with van der Waals surface area (Å²) >= 11 is 3.36. The lowest BCUT2D eigenvalue weighted by Crippen LogP contribution is -2.18. The third-order valence-corrected chi connectivity index (χ3v) is 3.48. The molecule has 0 bridgehead atoms. The van der Waals surface area contributed by atoms with Gasteiger partial charge in [-0.1, -0.05) is 0 Å². The fourth-order valence-electron chi connectivity index (χ4n) is 1.78. The van der Waals surface area contributed by atoms with Crippen molar-refractivity contribution in [3.05, 3.63) is 52.3 Å². The van der Waals surface area contributed by atoms with Gasteiger partial charge >= 0.3 is 5.97 Å². The third kappa shape index (κ3) is 4.29. The molecule has 1 N–H and O–H groups in total. The number of nitrogens with zero attached hydrogens (tertiary/aromatic N) is 1. The standard InChI is InChI=1S/C16H15BrN2O4/c1-3-22-16(21)10-4-5-14(12(17)8-10)23-11-6-7-19-13(9-11)15(20)18-2/h4-9H,3H2,1-2H3,(H,18,20). The van der Waals surface area contributed by atoms with E-state index in [0.29, 0.717) is 28.1 Å². The maximum Gasteiger partial charge on any atom is 0.338 e. The smallest absolute Gasteiger partial charge is 0.338 e. The molecule has 120 valence electrons. The number of rotatable bonds is 5. The van der Waals surface area contributed by atoms with Crippen molar-refractivity contribution in [2.45, 2.75) is 6.92 Å². The molecule has 0 aliphatic carbocycles. The predicted octanol–water partition coefficient (Wildman–Crippen LogP) is 3.17. The van der Waals surface area contributed by atoms with Crippen molar-refractivity contribution < 1.29 is 19.1 Å². The number of hydrogen-bond donors (Lipinski definition) is 1. The van der Waals surface area contributed by atoms with Crippen molar-refractivity contribution in [3.8, 4) is 11.5 Å². The van der Waals surface area contributed by atoms with E-state index in [4.69, 9.17) is 9.47 Å². The Morgan fingerprint density at radius 3 is 2.70 bits per heavy atom. The molecule has 0 aliphatic heterocycles. The van der Waals surface area contributed by atoms with Gasteiger partial charge in [0, 0.05) is 19.3 Å². The zero-order chi connectivity index (χ0) is 16.8. The van der Waals surface area contributed by atoms with Crippen LogP contribution in [0.5, 0.6) is 11.5 Å². The number of hydrogen-bond acceptors (Lipinski definition) is 5. The molecule has 1 aromatic heterocycles. The highest BCUT2D eigenvalue weighted by molar-refractivity contribution is 9.10. The van der Waals surface area contributed by atoms with Gasteiger partial charge in [-0.05, 0) is 47.1 Å². The van der Waals surface area contributed by atoms with Gasteiger partial charge in [0.15, 0.2) is 0 Å². The van der Waals surface area contributed by atoms with E-state index in [1.165, 1.54) is 19.3 Å². The van der Waals surface area contributed by atoms with Gasteiger partial charge in [0.25, 0.3) is 5.91 Å². The Morgan fingerprint density at radius 1 is 1.26 bits per heavy atom. The Balaban J connectivity index is 2.20. The van der Waals surface area contributed by atoms with Crippen molar-refractivity contribution in [2.75, 3.05) is 13.7 Å². The van der Waals surface area contributed by atoms with Crippen LogP contribution in [0.15, 0.2) is 41.0 Å². The molecule has 0 fully saturated rings. The van der Waals surface area contributed by atoms with Gasteiger partial charge in [-0.25, -0.2) is 4.79 Å². The lowest BCUT2D eigenvalue weighted by molar-refractivity contribution is 0.0526. The van der Waals surface area contributed by atoms with Crippen molar-refractivity contribution >= 4 is 27.8 Å². The van der Waals surface area contributed by atoms with Crippen LogP contribution in [0.3, 0.4) is 0 Å². The number of halogens is 1. The average Bonchev–Trinajstić information content (AvgIpc) is 2.56. The number of carbonyl (C=O) groups is 2. The van der Waals surface area contributed by atoms with Gasteiger partial charge in [-0.2, -0.15) is 0 Å². The van der Waals surface area contributed by atoms with E-state index in [-0.39, 0.29) is 11.6 Å². The number of pyridine rings is 1. The highest BCUT2D eigenvalue weighted by Crippen LogP contribution is 2.30. The first-order valence-electron chi connectivity index (χ1n) is 6.87. The number of ether oxygens (including phenoxy) is 2. The van der Waals surface area contributed by atoms with Gasteiger partial charge in [0.05, 0.1) is 16.6 Å². The fourth-order valence-corrected chi connectivity index (χ4v) is 2.24. The molecule has 0 atom stereocenters. The Labute approximate surface area is 142 Å². The van der Waals surface area contributed by atoms with E-state index in [0.717, 1.165) is 0 Å². The van der Waals surface area contributed by atoms with Crippen LogP contribution >= 0.6 is 15.9 Å². The Hall–Kier alpha value is -2.41. The van der Waals surface area contributed by atoms with Crippen molar-refractivity contribution in [1.82, 2.24) is 10.3 Å². The Morgan fingerprint density at radius 2 is 2.04 bits per heavy atom. The minimum absolute atomic E-state index is 0.254. The first-order chi connectivity index (χ1) is 11.0. The minimum Gasteiger partial charge on any atom is -0.462 e. The van der Waals surface area contributed by atoms with E-state index in [1.807, 2.05) is 0 Å². The normalized spacial score (nSPS) is 10.0. The molecule has 0 spiro atoms. The quantitative estimate of drug-likeness (QED) is 0.808. The summed E-state index contributed by atoms with van der Waals surface area (Å²) < 4.78 is 11.3. The molecular formula is C16H15BrN2O4. The summed E-state index contributed by atoms with van der Waals surface area (Å²) in [6, 6.07) is 8.05. The first kappa shape index (κ1) is 17.0. The molecule has 0 saturated heterocycles. The number of carbonyl (C=O) groups excluding carboxylic acids is 2. The molecule has 2 rings (SSSR count). The molecule has 1 heterocycles. The fraction of sp³-hybridized carbons (Fsp3) is 0.188. The van der Waals surface area contributed by atoms with Crippen LogP contribution < -0.4 is 10.1 Å². The molecule has 6 nitrogen and oxygen atoms in total. The Bertz CT molecular complexity index is 734. The number of amides is 1. The third-order valence-electron chi connectivity index (χ3n) is 2.86. The number of nitrogens with one attached hydrogen (secondary N) is 1. The maximum absolute atomic E-state index is 11.7. The van der Waals surface area contributed by atoms with E-state index >= 15 is 0 Å². The summed E-state index contributed by atoms with van der Waals surface area (Å²) in [5.41, 5.74) is 0.677. The first-order valence-corrected chi connectivity index (χ1v) is 7.67. The van der Waals surface area contributed by atoms with Crippen LogP contribution in [0, 0.1) is 0 Å².